The van der Waals surface area contributed by atoms with Gasteiger partial charge in [-0.05, 0) is 31.4 Å². The number of pyridine rings is 1. The van der Waals surface area contributed by atoms with Crippen molar-refractivity contribution in [3.63, 3.8) is 0 Å². The van der Waals surface area contributed by atoms with E-state index in [0.717, 1.165) is 29.0 Å². The van der Waals surface area contributed by atoms with Gasteiger partial charge < -0.3 is 11.1 Å². The Morgan fingerprint density at radius 2 is 2.16 bits per heavy atom. The minimum absolute atomic E-state index is 0.477. The van der Waals surface area contributed by atoms with Crippen LogP contribution in [0.4, 0.5) is 5.69 Å². The number of rotatable bonds is 5. The molecule has 1 atom stereocenters. The van der Waals surface area contributed by atoms with Crippen LogP contribution in [-0.2, 0) is 7.05 Å². The molecule has 2 heterocycles. The van der Waals surface area contributed by atoms with Crippen LogP contribution in [0.5, 0.6) is 0 Å². The second-order valence-electron chi connectivity index (χ2n) is 5.42. The van der Waals surface area contributed by atoms with E-state index in [4.69, 9.17) is 5.73 Å². The molecule has 5 heteroatoms. The van der Waals surface area contributed by atoms with Gasteiger partial charge in [0.1, 0.15) is 0 Å². The molecule has 1 unspecified atom stereocenters. The fourth-order valence-corrected chi connectivity index (χ4v) is 2.24. The third-order valence-electron chi connectivity index (χ3n) is 3.68. The van der Waals surface area contributed by atoms with Crippen LogP contribution in [0.25, 0.3) is 11.0 Å². The number of aromatic nitrogens is 3. The predicted octanol–water partition coefficient (Wildman–Crippen LogP) is 1.92. The number of nitrogens with one attached hydrogen (secondary N) is 1. The number of nitrogens with two attached hydrogens (primary N) is 1. The van der Waals surface area contributed by atoms with E-state index in [2.05, 4.69) is 35.3 Å². The van der Waals surface area contributed by atoms with E-state index in [1.807, 2.05) is 24.9 Å². The van der Waals surface area contributed by atoms with E-state index >= 15 is 0 Å². The van der Waals surface area contributed by atoms with Crippen LogP contribution in [0, 0.1) is 18.8 Å². The van der Waals surface area contributed by atoms with E-state index in [9.17, 15) is 0 Å². The smallest absolute Gasteiger partial charge is 0.157 e. The third-order valence-corrected chi connectivity index (χ3v) is 3.68. The zero-order valence-corrected chi connectivity index (χ0v) is 12.1. The van der Waals surface area contributed by atoms with Crippen molar-refractivity contribution in [2.24, 2.45) is 24.6 Å². The van der Waals surface area contributed by atoms with Crippen molar-refractivity contribution < 1.29 is 0 Å². The molecule has 0 aliphatic heterocycles. The zero-order chi connectivity index (χ0) is 14.0. The summed E-state index contributed by atoms with van der Waals surface area (Å²) in [6.45, 7) is 7.98. The maximum Gasteiger partial charge on any atom is 0.157 e. The van der Waals surface area contributed by atoms with Gasteiger partial charge >= 0.3 is 0 Å². The van der Waals surface area contributed by atoms with Crippen LogP contribution in [0.2, 0.25) is 0 Å². The summed E-state index contributed by atoms with van der Waals surface area (Å²) in [5.74, 6) is 1.06. The first-order valence-electron chi connectivity index (χ1n) is 6.76. The second-order valence-corrected chi connectivity index (χ2v) is 5.42. The Labute approximate surface area is 114 Å². The highest BCUT2D eigenvalue weighted by atomic mass is 15.3. The Hall–Kier alpha value is -1.62. The summed E-state index contributed by atoms with van der Waals surface area (Å²) in [6.07, 6.45) is 1.86. The Kier molecular flexibility index (Phi) is 4.04. The summed E-state index contributed by atoms with van der Waals surface area (Å²) in [5.41, 5.74) is 8.74. The fraction of sp³-hybridized carbons (Fsp3) is 0.571. The van der Waals surface area contributed by atoms with Gasteiger partial charge in [0.15, 0.2) is 5.65 Å². The molecule has 2 aromatic rings. The van der Waals surface area contributed by atoms with Crippen molar-refractivity contribution in [2.75, 3.05) is 18.4 Å². The zero-order valence-electron chi connectivity index (χ0n) is 12.1. The molecule has 0 fully saturated rings. The largest absolute Gasteiger partial charge is 0.383 e. The molecule has 0 radical (unpaired) electrons. The van der Waals surface area contributed by atoms with E-state index in [-0.39, 0.29) is 0 Å². The SMILES string of the molecule is Cc1nn(C)c2ncc(NCC(CN)C(C)C)cc12. The molecule has 0 saturated heterocycles. The van der Waals surface area contributed by atoms with Crippen LogP contribution >= 0.6 is 0 Å². The van der Waals surface area contributed by atoms with Crippen LogP contribution in [0.1, 0.15) is 19.5 Å². The molecule has 0 saturated carbocycles. The molecule has 0 aliphatic carbocycles. The minimum Gasteiger partial charge on any atom is -0.383 e. The quantitative estimate of drug-likeness (QED) is 0.862. The van der Waals surface area contributed by atoms with Crippen LogP contribution < -0.4 is 11.1 Å². The summed E-state index contributed by atoms with van der Waals surface area (Å²) in [5, 5.41) is 8.90. The molecule has 0 aromatic carbocycles. The van der Waals surface area contributed by atoms with Crippen LogP contribution in [-0.4, -0.2) is 27.9 Å². The molecular weight excluding hydrogens is 238 g/mol. The number of hydrogen-bond acceptors (Lipinski definition) is 4. The first-order chi connectivity index (χ1) is 9.02. The first-order valence-corrected chi connectivity index (χ1v) is 6.76. The Morgan fingerprint density at radius 1 is 1.42 bits per heavy atom. The highest BCUT2D eigenvalue weighted by molar-refractivity contribution is 5.81. The van der Waals surface area contributed by atoms with Gasteiger partial charge in [0, 0.05) is 19.0 Å². The summed E-state index contributed by atoms with van der Waals surface area (Å²) >= 11 is 0. The highest BCUT2D eigenvalue weighted by Crippen LogP contribution is 2.20. The molecule has 3 N–H and O–H groups in total. The van der Waals surface area contributed by atoms with Gasteiger partial charge in [-0.2, -0.15) is 5.10 Å². The number of fused-ring (bicyclic) bond motifs is 1. The van der Waals surface area contributed by atoms with Crippen molar-refractivity contribution >= 4 is 16.7 Å². The molecule has 19 heavy (non-hydrogen) atoms. The minimum atomic E-state index is 0.477. The van der Waals surface area contributed by atoms with Gasteiger partial charge in [-0.3, -0.25) is 4.68 Å². The summed E-state index contributed by atoms with van der Waals surface area (Å²) in [6, 6.07) is 2.11. The van der Waals surface area contributed by atoms with E-state index in [1.54, 1.807) is 0 Å². The van der Waals surface area contributed by atoms with Gasteiger partial charge in [0.2, 0.25) is 0 Å². The first kappa shape index (κ1) is 13.8. The lowest BCUT2D eigenvalue weighted by molar-refractivity contribution is 0.413. The van der Waals surface area contributed by atoms with E-state index < -0.39 is 0 Å². The van der Waals surface area contributed by atoms with Crippen LogP contribution in [0.15, 0.2) is 12.3 Å². The van der Waals surface area contributed by atoms with Crippen LogP contribution in [0.3, 0.4) is 0 Å². The normalized spacial score (nSPS) is 13.2. The van der Waals surface area contributed by atoms with Gasteiger partial charge in [0.25, 0.3) is 0 Å². The summed E-state index contributed by atoms with van der Waals surface area (Å²) < 4.78 is 1.81. The lowest BCUT2D eigenvalue weighted by Gasteiger charge is -2.19. The number of hydrogen-bond donors (Lipinski definition) is 2. The van der Waals surface area contributed by atoms with E-state index in [1.165, 1.54) is 0 Å². The predicted molar refractivity (Wildman–Crippen MR) is 79.1 cm³/mol. The monoisotopic (exact) mass is 261 g/mol. The maximum absolute atomic E-state index is 5.79. The standard InChI is InChI=1S/C14H23N5/c1-9(2)11(6-15)7-16-12-5-13-10(3)18-19(4)14(13)17-8-12/h5,8-9,11,16H,6-7,15H2,1-4H3. The lowest BCUT2D eigenvalue weighted by atomic mass is 9.96. The molecular formula is C14H23N5. The fourth-order valence-electron chi connectivity index (χ4n) is 2.24. The molecule has 0 aliphatic rings. The molecule has 0 spiro atoms. The third kappa shape index (κ3) is 2.87. The Bertz CT molecular complexity index is 558. The summed E-state index contributed by atoms with van der Waals surface area (Å²) in [4.78, 5) is 4.46. The van der Waals surface area contributed by atoms with Crippen molar-refractivity contribution in [2.45, 2.75) is 20.8 Å². The lowest BCUT2D eigenvalue weighted by Crippen LogP contribution is -2.27. The van der Waals surface area contributed by atoms with Crippen molar-refractivity contribution in [3.8, 4) is 0 Å². The highest BCUT2D eigenvalue weighted by Gasteiger charge is 2.12. The van der Waals surface area contributed by atoms with Crippen molar-refractivity contribution in [1.29, 1.82) is 0 Å². The number of anilines is 1. The second kappa shape index (κ2) is 5.57. The molecule has 5 nitrogen and oxygen atoms in total. The van der Waals surface area contributed by atoms with Crippen molar-refractivity contribution in [1.82, 2.24) is 14.8 Å². The molecule has 0 amide bonds. The maximum atomic E-state index is 5.79. The molecule has 104 valence electrons. The molecule has 0 bridgehead atoms. The van der Waals surface area contributed by atoms with Gasteiger partial charge in [-0.15, -0.1) is 0 Å². The van der Waals surface area contributed by atoms with Gasteiger partial charge in [-0.1, -0.05) is 13.8 Å². The number of aryl methyl sites for hydroxylation is 2. The summed E-state index contributed by atoms with van der Waals surface area (Å²) in [7, 11) is 1.92. The topological polar surface area (TPSA) is 68.8 Å². The van der Waals surface area contributed by atoms with Crippen molar-refractivity contribution in [3.05, 3.63) is 18.0 Å². The van der Waals surface area contributed by atoms with E-state index in [0.29, 0.717) is 18.4 Å². The molecule has 2 aromatic heterocycles. The number of nitrogens with zero attached hydrogens (tertiary/aromatic N) is 3. The Balaban J connectivity index is 2.15. The van der Waals surface area contributed by atoms with Gasteiger partial charge in [0.05, 0.1) is 17.6 Å². The molecule has 2 rings (SSSR count). The average molecular weight is 261 g/mol. The van der Waals surface area contributed by atoms with Gasteiger partial charge in [-0.25, -0.2) is 4.98 Å². The average Bonchev–Trinajstić information content (AvgIpc) is 2.65. The Morgan fingerprint density at radius 3 is 2.79 bits per heavy atom.